The largest absolute Gasteiger partial charge is 0.311 e. The fraction of sp³-hybridized carbons (Fsp3) is 0.0120. The summed E-state index contributed by atoms with van der Waals surface area (Å²) < 4.78 is 2.42. The minimum absolute atomic E-state index is 0.476. The Hall–Kier alpha value is -11.1. The Morgan fingerprint density at radius 3 is 1.26 bits per heavy atom. The molecular weight excluding hydrogens is 1020 g/mol. The third-order valence-electron chi connectivity index (χ3n) is 17.7. The van der Waals surface area contributed by atoms with Crippen molar-refractivity contribution in [2.45, 2.75) is 5.41 Å². The zero-order valence-electron chi connectivity index (χ0n) is 46.7. The Labute approximate surface area is 496 Å². The minimum atomic E-state index is -0.476. The van der Waals surface area contributed by atoms with E-state index in [1.807, 2.05) is 0 Å². The van der Waals surface area contributed by atoms with Gasteiger partial charge < -0.3 is 9.47 Å². The van der Waals surface area contributed by atoms with E-state index in [-0.39, 0.29) is 0 Å². The molecule has 16 rings (SSSR count). The van der Waals surface area contributed by atoms with Crippen molar-refractivity contribution in [1.82, 2.24) is 4.57 Å². The van der Waals surface area contributed by atoms with Gasteiger partial charge in [-0.3, -0.25) is 0 Å². The highest BCUT2D eigenvalue weighted by Gasteiger charge is 2.46. The van der Waals surface area contributed by atoms with Gasteiger partial charge in [0.25, 0.3) is 0 Å². The number of rotatable bonds is 11. The summed E-state index contributed by atoms with van der Waals surface area (Å²) in [4.78, 5) is 2.39. The second kappa shape index (κ2) is 20.7. The van der Waals surface area contributed by atoms with Crippen molar-refractivity contribution in [3.05, 3.63) is 362 Å². The second-order valence-corrected chi connectivity index (χ2v) is 22.4. The highest BCUT2D eigenvalue weighted by Crippen LogP contribution is 2.57. The minimum Gasteiger partial charge on any atom is -0.311 e. The number of aromatic nitrogens is 1. The van der Waals surface area contributed by atoms with E-state index in [4.69, 9.17) is 0 Å². The zero-order chi connectivity index (χ0) is 56.3. The molecule has 14 aromatic carbocycles. The van der Waals surface area contributed by atoms with Crippen LogP contribution in [0, 0.1) is 0 Å². The number of hydrogen-bond donors (Lipinski definition) is 0. The maximum absolute atomic E-state index is 2.45. The molecule has 0 atom stereocenters. The van der Waals surface area contributed by atoms with Crippen LogP contribution >= 0.6 is 0 Å². The van der Waals surface area contributed by atoms with Gasteiger partial charge in [-0.15, -0.1) is 0 Å². The highest BCUT2D eigenvalue weighted by molar-refractivity contribution is 6.10. The van der Waals surface area contributed by atoms with Crippen LogP contribution in [-0.2, 0) is 5.41 Å². The van der Waals surface area contributed by atoms with Gasteiger partial charge >= 0.3 is 0 Å². The van der Waals surface area contributed by atoms with Gasteiger partial charge in [-0.25, -0.2) is 0 Å². The molecule has 1 aliphatic rings. The molecule has 0 saturated heterocycles. The lowest BCUT2D eigenvalue weighted by Crippen LogP contribution is -2.28. The Morgan fingerprint density at radius 2 is 0.647 bits per heavy atom. The van der Waals surface area contributed by atoms with E-state index in [1.165, 1.54) is 105 Å². The van der Waals surface area contributed by atoms with Crippen LogP contribution in [0.15, 0.2) is 340 Å². The van der Waals surface area contributed by atoms with Crippen molar-refractivity contribution in [3.63, 3.8) is 0 Å². The molecule has 0 aliphatic heterocycles. The van der Waals surface area contributed by atoms with E-state index < -0.39 is 5.41 Å². The predicted molar refractivity (Wildman–Crippen MR) is 357 cm³/mol. The molecule has 2 heteroatoms. The molecule has 1 heterocycles. The molecule has 15 aromatic rings. The molecule has 0 amide bonds. The van der Waals surface area contributed by atoms with Gasteiger partial charge in [0.2, 0.25) is 0 Å². The first kappa shape index (κ1) is 49.7. The third kappa shape index (κ3) is 8.49. The molecule has 1 aliphatic carbocycles. The fourth-order valence-electron chi connectivity index (χ4n) is 13.7. The summed E-state index contributed by atoms with van der Waals surface area (Å²) in [5, 5.41) is 5.01. The predicted octanol–water partition coefficient (Wildman–Crippen LogP) is 22.1. The van der Waals surface area contributed by atoms with E-state index in [1.54, 1.807) is 0 Å². The van der Waals surface area contributed by atoms with Crippen LogP contribution < -0.4 is 4.90 Å². The smallest absolute Gasteiger partial charge is 0.0713 e. The van der Waals surface area contributed by atoms with Crippen LogP contribution in [0.3, 0.4) is 0 Å². The molecule has 0 radical (unpaired) electrons. The average molecular weight is 1080 g/mol. The monoisotopic (exact) mass is 1080 g/mol. The van der Waals surface area contributed by atoms with Crippen LogP contribution in [0.2, 0.25) is 0 Å². The summed E-state index contributed by atoms with van der Waals surface area (Å²) in [5.41, 5.74) is 25.8. The Bertz CT molecular complexity index is 4870. The summed E-state index contributed by atoms with van der Waals surface area (Å²) >= 11 is 0. The molecule has 0 spiro atoms. The normalized spacial score (nSPS) is 12.3. The van der Waals surface area contributed by atoms with Crippen molar-refractivity contribution >= 4 is 49.6 Å². The van der Waals surface area contributed by atoms with Gasteiger partial charge in [0.05, 0.1) is 22.1 Å². The maximum atomic E-state index is 2.45. The lowest BCUT2D eigenvalue weighted by molar-refractivity contribution is 0.769. The summed E-state index contributed by atoms with van der Waals surface area (Å²) in [6, 6.07) is 125. The van der Waals surface area contributed by atoms with Gasteiger partial charge in [-0.2, -0.15) is 0 Å². The second-order valence-electron chi connectivity index (χ2n) is 22.4. The number of anilines is 3. The molecule has 2 nitrogen and oxygen atoms in total. The number of para-hydroxylation sites is 3. The quantitative estimate of drug-likeness (QED) is 0.125. The van der Waals surface area contributed by atoms with Crippen molar-refractivity contribution in [3.8, 4) is 72.4 Å². The average Bonchev–Trinajstić information content (AvgIpc) is 1.64. The molecule has 0 bridgehead atoms. The molecule has 398 valence electrons. The molecule has 1 aromatic heterocycles. The van der Waals surface area contributed by atoms with Gasteiger partial charge in [0, 0.05) is 33.4 Å². The summed E-state index contributed by atoms with van der Waals surface area (Å²) in [6.07, 6.45) is 0. The first-order valence-corrected chi connectivity index (χ1v) is 29.4. The van der Waals surface area contributed by atoms with Crippen molar-refractivity contribution in [2.75, 3.05) is 4.90 Å². The Kier molecular flexibility index (Phi) is 12.1. The van der Waals surface area contributed by atoms with Crippen molar-refractivity contribution in [2.24, 2.45) is 0 Å². The fourth-order valence-corrected chi connectivity index (χ4v) is 13.7. The Morgan fingerprint density at radius 1 is 0.235 bits per heavy atom. The molecule has 0 fully saturated rings. The van der Waals surface area contributed by atoms with Gasteiger partial charge in [0.15, 0.2) is 0 Å². The summed E-state index contributed by atoms with van der Waals surface area (Å²) in [6.45, 7) is 0. The van der Waals surface area contributed by atoms with Crippen molar-refractivity contribution < 1.29 is 0 Å². The standard InChI is InChI=1S/C83H56N2/c1-3-22-68(23-4-1)83(69-24-5-2-6-25-69)78-30-13-9-27-74(78)75-53-46-67(56-79(75)83)61-42-49-71(50-43-61)84(72-51-44-62(45-52-72)73-26-10-14-31-80(73)85-81-32-15-11-28-76(81)77-29-12-16-33-82(77)85)70-47-40-59(41-48-70)58-34-36-60(37-35-58)64-20-17-21-65(54-64)66-39-38-57-18-7-8-19-63(57)55-66/h1-56H. The van der Waals surface area contributed by atoms with E-state index >= 15 is 0 Å². The molecule has 0 saturated carbocycles. The SMILES string of the molecule is c1ccc(C2(c3ccccc3)c3ccccc3-c3ccc(-c4ccc(N(c5ccc(-c6ccc(-c7cccc(-c8ccc9ccccc9c8)c7)cc6)cc5)c5ccc(-c6ccccc6-n6c7ccccc7c7ccccc76)cc5)cc4)cc32)cc1. The van der Waals surface area contributed by atoms with Gasteiger partial charge in [-0.1, -0.05) is 267 Å². The van der Waals surface area contributed by atoms with E-state index in [0.29, 0.717) is 0 Å². The lowest BCUT2D eigenvalue weighted by atomic mass is 9.67. The molecular formula is C83H56N2. The van der Waals surface area contributed by atoms with Crippen LogP contribution in [0.4, 0.5) is 17.1 Å². The summed E-state index contributed by atoms with van der Waals surface area (Å²) in [5.74, 6) is 0. The number of fused-ring (bicyclic) bond motifs is 7. The number of benzene rings is 14. The van der Waals surface area contributed by atoms with Crippen LogP contribution in [0.25, 0.3) is 105 Å². The molecule has 0 N–H and O–H groups in total. The summed E-state index contributed by atoms with van der Waals surface area (Å²) in [7, 11) is 0. The van der Waals surface area contributed by atoms with E-state index in [9.17, 15) is 0 Å². The number of nitrogens with zero attached hydrogens (tertiary/aromatic N) is 2. The van der Waals surface area contributed by atoms with Crippen LogP contribution in [0.5, 0.6) is 0 Å². The highest BCUT2D eigenvalue weighted by atomic mass is 15.1. The van der Waals surface area contributed by atoms with Gasteiger partial charge in [0.1, 0.15) is 0 Å². The third-order valence-corrected chi connectivity index (χ3v) is 17.7. The lowest BCUT2D eigenvalue weighted by Gasteiger charge is -2.34. The molecule has 0 unspecified atom stereocenters. The first-order chi connectivity index (χ1) is 42.1. The zero-order valence-corrected chi connectivity index (χ0v) is 46.7. The topological polar surface area (TPSA) is 8.17 Å². The maximum Gasteiger partial charge on any atom is 0.0713 e. The number of hydrogen-bond acceptors (Lipinski definition) is 1. The van der Waals surface area contributed by atoms with Crippen LogP contribution in [-0.4, -0.2) is 4.57 Å². The van der Waals surface area contributed by atoms with Gasteiger partial charge in [-0.05, 0) is 167 Å². The van der Waals surface area contributed by atoms with Crippen LogP contribution in [0.1, 0.15) is 22.3 Å². The van der Waals surface area contributed by atoms with E-state index in [2.05, 4.69) is 349 Å². The van der Waals surface area contributed by atoms with Crippen molar-refractivity contribution in [1.29, 1.82) is 0 Å². The Balaban J connectivity index is 0.761. The first-order valence-electron chi connectivity index (χ1n) is 29.4. The van der Waals surface area contributed by atoms with E-state index in [0.717, 1.165) is 39.4 Å². The molecule has 85 heavy (non-hydrogen) atoms.